The summed E-state index contributed by atoms with van der Waals surface area (Å²) < 4.78 is 10.6. The number of rotatable bonds is 10. The molecule has 2 heterocycles. The van der Waals surface area contributed by atoms with Crippen molar-refractivity contribution in [1.29, 1.82) is 0 Å². The number of methoxy groups -OCH3 is 2. The number of aromatic amines is 1. The fourth-order valence-electron chi connectivity index (χ4n) is 4.34. The fourth-order valence-corrected chi connectivity index (χ4v) is 4.68. The summed E-state index contributed by atoms with van der Waals surface area (Å²) >= 11 is 12.2. The van der Waals surface area contributed by atoms with Crippen LogP contribution in [0.2, 0.25) is 10.0 Å². The maximum atomic E-state index is 12.5. The Kier molecular flexibility index (Phi) is 9.39. The highest BCUT2D eigenvalue weighted by atomic mass is 35.5. The van der Waals surface area contributed by atoms with E-state index in [4.69, 9.17) is 32.7 Å². The van der Waals surface area contributed by atoms with Crippen LogP contribution < -0.4 is 15.0 Å². The minimum atomic E-state index is -0.231. The van der Waals surface area contributed by atoms with Crippen molar-refractivity contribution < 1.29 is 14.3 Å². The van der Waals surface area contributed by atoms with Crippen molar-refractivity contribution in [2.45, 2.75) is 6.42 Å². The highest BCUT2D eigenvalue weighted by molar-refractivity contribution is 6.42. The zero-order valence-electron chi connectivity index (χ0n) is 21.1. The van der Waals surface area contributed by atoms with E-state index in [9.17, 15) is 4.79 Å². The Morgan fingerprint density at radius 2 is 1.86 bits per heavy atom. The molecule has 1 aliphatic rings. The number of ether oxygens (including phenoxy) is 2. The molecule has 1 amide bonds. The molecule has 196 valence electrons. The number of hydrogen-bond acceptors (Lipinski definition) is 5. The topological polar surface area (TPSA) is 69.8 Å². The summed E-state index contributed by atoms with van der Waals surface area (Å²) in [6.45, 7) is 5.45. The summed E-state index contributed by atoms with van der Waals surface area (Å²) in [4.78, 5) is 20.6. The van der Waals surface area contributed by atoms with Crippen LogP contribution in [-0.4, -0.2) is 69.3 Å². The number of carbonyl (C=O) groups excluding carboxylic acids is 1. The van der Waals surface area contributed by atoms with E-state index < -0.39 is 0 Å². The number of hydrogen-bond donors (Lipinski definition) is 2. The number of aromatic nitrogens is 1. The van der Waals surface area contributed by atoms with E-state index in [2.05, 4.69) is 32.2 Å². The number of halogens is 2. The summed E-state index contributed by atoms with van der Waals surface area (Å²) in [6, 6.07) is 13.8. The molecule has 1 aliphatic heterocycles. The van der Waals surface area contributed by atoms with Gasteiger partial charge in [0.05, 0.1) is 24.3 Å². The van der Waals surface area contributed by atoms with Gasteiger partial charge in [-0.05, 0) is 55.4 Å². The first-order valence-corrected chi connectivity index (χ1v) is 13.0. The van der Waals surface area contributed by atoms with E-state index in [1.807, 2.05) is 30.3 Å². The molecule has 0 spiro atoms. The van der Waals surface area contributed by atoms with Crippen LogP contribution in [0.4, 0.5) is 5.69 Å². The highest BCUT2D eigenvalue weighted by Crippen LogP contribution is 2.28. The van der Waals surface area contributed by atoms with E-state index in [1.54, 1.807) is 25.3 Å². The van der Waals surface area contributed by atoms with E-state index >= 15 is 0 Å². The molecule has 3 aromatic rings. The second kappa shape index (κ2) is 12.9. The normalized spacial score (nSPS) is 14.9. The molecule has 0 unspecified atom stereocenters. The summed E-state index contributed by atoms with van der Waals surface area (Å²) in [5.41, 5.74) is 2.95. The Balaban J connectivity index is 1.20. The lowest BCUT2D eigenvalue weighted by Gasteiger charge is -2.36. The Hall–Kier alpha value is -3.13. The molecule has 0 saturated carbocycles. The molecule has 37 heavy (non-hydrogen) atoms. The third-order valence-electron chi connectivity index (χ3n) is 6.38. The lowest BCUT2D eigenvalue weighted by molar-refractivity contribution is -0.120. The van der Waals surface area contributed by atoms with Crippen LogP contribution in [0.3, 0.4) is 0 Å². The second-order valence-electron chi connectivity index (χ2n) is 8.81. The summed E-state index contributed by atoms with van der Waals surface area (Å²) in [7, 11) is 3.19. The zero-order valence-corrected chi connectivity index (χ0v) is 22.6. The predicted octanol–water partition coefficient (Wildman–Crippen LogP) is 5.36. The van der Waals surface area contributed by atoms with Crippen molar-refractivity contribution in [2.75, 3.05) is 58.4 Å². The second-order valence-corrected chi connectivity index (χ2v) is 9.63. The van der Waals surface area contributed by atoms with Gasteiger partial charge in [-0.25, -0.2) is 0 Å². The first-order valence-electron chi connectivity index (χ1n) is 12.3. The largest absolute Gasteiger partial charge is 0.497 e. The molecule has 7 nitrogen and oxygen atoms in total. The van der Waals surface area contributed by atoms with Crippen LogP contribution in [0.1, 0.15) is 12.1 Å². The predicted molar refractivity (Wildman–Crippen MR) is 152 cm³/mol. The maximum Gasteiger partial charge on any atom is 0.286 e. The van der Waals surface area contributed by atoms with E-state index in [1.165, 1.54) is 12.8 Å². The number of piperazine rings is 1. The number of allylic oxidation sites excluding steroid dienone is 2. The molecule has 1 saturated heterocycles. The quantitative estimate of drug-likeness (QED) is 0.156. The summed E-state index contributed by atoms with van der Waals surface area (Å²) in [6.07, 6.45) is 6.16. The van der Waals surface area contributed by atoms with E-state index in [0.29, 0.717) is 16.6 Å². The molecule has 2 N–H and O–H groups in total. The molecular formula is C28H32Cl2N4O3. The summed E-state index contributed by atoms with van der Waals surface area (Å²) in [5, 5.41) is 4.92. The average Bonchev–Trinajstić information content (AvgIpc) is 3.30. The van der Waals surface area contributed by atoms with Gasteiger partial charge in [-0.3, -0.25) is 9.69 Å². The van der Waals surface area contributed by atoms with Gasteiger partial charge in [0, 0.05) is 61.1 Å². The molecule has 4 rings (SSSR count). The molecule has 1 fully saturated rings. The van der Waals surface area contributed by atoms with Gasteiger partial charge in [-0.15, -0.1) is 0 Å². The van der Waals surface area contributed by atoms with Gasteiger partial charge in [-0.2, -0.15) is 0 Å². The van der Waals surface area contributed by atoms with Gasteiger partial charge in [0.2, 0.25) is 0 Å². The molecule has 0 atom stereocenters. The lowest BCUT2D eigenvalue weighted by atomic mass is 10.2. The number of H-pyrrole nitrogens is 1. The van der Waals surface area contributed by atoms with Crippen LogP contribution in [0.5, 0.6) is 5.75 Å². The highest BCUT2D eigenvalue weighted by Gasteiger charge is 2.17. The van der Waals surface area contributed by atoms with Gasteiger partial charge in [0.25, 0.3) is 5.91 Å². The lowest BCUT2D eigenvalue weighted by Crippen LogP contribution is -2.47. The van der Waals surface area contributed by atoms with Crippen molar-refractivity contribution in [2.24, 2.45) is 0 Å². The minimum Gasteiger partial charge on any atom is -0.497 e. The van der Waals surface area contributed by atoms with Crippen LogP contribution in [0.25, 0.3) is 17.0 Å². The third kappa shape index (κ3) is 7.22. The van der Waals surface area contributed by atoms with Crippen LogP contribution >= 0.6 is 23.2 Å². The van der Waals surface area contributed by atoms with Crippen LogP contribution in [-0.2, 0) is 9.53 Å². The van der Waals surface area contributed by atoms with Crippen LogP contribution in [0.15, 0.2) is 60.4 Å². The van der Waals surface area contributed by atoms with Gasteiger partial charge in [-0.1, -0.05) is 35.3 Å². The molecule has 0 radical (unpaired) electrons. The number of amides is 1. The number of fused-ring (bicyclic) bond motifs is 1. The van der Waals surface area contributed by atoms with Crippen molar-refractivity contribution in [3.63, 3.8) is 0 Å². The van der Waals surface area contributed by atoms with Gasteiger partial charge in [0.1, 0.15) is 5.75 Å². The van der Waals surface area contributed by atoms with Gasteiger partial charge >= 0.3 is 0 Å². The zero-order chi connectivity index (χ0) is 26.2. The van der Waals surface area contributed by atoms with Crippen molar-refractivity contribution >= 4 is 51.8 Å². The van der Waals surface area contributed by atoms with Crippen molar-refractivity contribution in [1.82, 2.24) is 15.2 Å². The Morgan fingerprint density at radius 3 is 2.62 bits per heavy atom. The number of nitrogens with zero attached hydrogens (tertiary/aromatic N) is 2. The molecule has 1 aromatic heterocycles. The van der Waals surface area contributed by atoms with Gasteiger partial charge in [0.15, 0.2) is 5.76 Å². The number of nitrogens with one attached hydrogen (secondary N) is 2. The monoisotopic (exact) mass is 542 g/mol. The first-order chi connectivity index (χ1) is 18.0. The average molecular weight is 543 g/mol. The number of carbonyl (C=O) groups is 1. The fraction of sp³-hybridized carbons (Fsp3) is 0.321. The molecule has 0 aliphatic carbocycles. The SMILES string of the molecule is CO/C(=C\C=C\c1cc2cc(Cl)c(Cl)cc2[nH]1)C(=O)NCCCN1CCN(c2cccc(OC)c2)CC1. The minimum absolute atomic E-state index is 0.231. The van der Waals surface area contributed by atoms with Crippen LogP contribution in [0, 0.1) is 0 Å². The smallest absolute Gasteiger partial charge is 0.286 e. The Labute approximate surface area is 227 Å². The van der Waals surface area contributed by atoms with Crippen molar-refractivity contribution in [3.8, 4) is 5.75 Å². The molecule has 0 bridgehead atoms. The number of anilines is 1. The standard InChI is InChI=1S/C28H32Cl2N4O3/c1-36-23-8-4-7-22(18-23)34-14-12-33(13-15-34)11-5-10-31-28(35)27(37-2)9-3-6-21-16-20-17-24(29)25(30)19-26(20)32-21/h3-4,6-9,16-19,32H,5,10-15H2,1-2H3,(H,31,35)/b6-3+,27-9-. The first kappa shape index (κ1) is 26.9. The van der Waals surface area contributed by atoms with E-state index in [0.717, 1.165) is 61.5 Å². The maximum absolute atomic E-state index is 12.5. The third-order valence-corrected chi connectivity index (χ3v) is 7.10. The Morgan fingerprint density at radius 1 is 1.08 bits per heavy atom. The number of benzene rings is 2. The van der Waals surface area contributed by atoms with Gasteiger partial charge < -0.3 is 24.7 Å². The summed E-state index contributed by atoms with van der Waals surface area (Å²) in [5.74, 6) is 0.903. The molecule has 9 heteroatoms. The Bertz CT molecular complexity index is 1240. The molecule has 2 aromatic carbocycles. The van der Waals surface area contributed by atoms with Crippen molar-refractivity contribution in [3.05, 3.63) is 76.1 Å². The van der Waals surface area contributed by atoms with E-state index in [-0.39, 0.29) is 11.7 Å². The molecular weight excluding hydrogens is 511 g/mol.